The van der Waals surface area contributed by atoms with Gasteiger partial charge in [-0.2, -0.15) is 0 Å². The topological polar surface area (TPSA) is 9.23 Å². The van der Waals surface area contributed by atoms with Gasteiger partial charge >= 0.3 is 0 Å². The largest absolute Gasteiger partial charge is 0.456 e. The van der Waals surface area contributed by atoms with E-state index < -0.39 is 0 Å². The molecule has 0 saturated carbocycles. The molecule has 0 bridgehead atoms. The van der Waals surface area contributed by atoms with E-state index in [-0.39, 0.29) is 5.82 Å². The summed E-state index contributed by atoms with van der Waals surface area (Å²) in [7, 11) is 0. The Labute approximate surface area is 119 Å². The van der Waals surface area contributed by atoms with Crippen LogP contribution >= 0.6 is 27.5 Å². The SMILES string of the molecule is Cc1cc(Oc2cc(F)ccc2Cl)ccc1CBr. The van der Waals surface area contributed by atoms with E-state index >= 15 is 0 Å². The molecule has 0 N–H and O–H groups in total. The van der Waals surface area contributed by atoms with Crippen LogP contribution in [0.25, 0.3) is 0 Å². The van der Waals surface area contributed by atoms with Crippen LogP contribution in [0.3, 0.4) is 0 Å². The second-order valence-corrected chi connectivity index (χ2v) is 4.87. The van der Waals surface area contributed by atoms with Crippen LogP contribution in [-0.2, 0) is 5.33 Å². The van der Waals surface area contributed by atoms with E-state index in [4.69, 9.17) is 16.3 Å². The molecule has 2 aromatic carbocycles. The highest BCUT2D eigenvalue weighted by Gasteiger charge is 2.06. The van der Waals surface area contributed by atoms with E-state index in [9.17, 15) is 4.39 Å². The van der Waals surface area contributed by atoms with Crippen molar-refractivity contribution in [1.82, 2.24) is 0 Å². The van der Waals surface area contributed by atoms with Crippen molar-refractivity contribution in [3.05, 3.63) is 58.4 Å². The van der Waals surface area contributed by atoms with Crippen molar-refractivity contribution in [2.45, 2.75) is 12.3 Å². The fourth-order valence-corrected chi connectivity index (χ4v) is 2.35. The average Bonchev–Trinajstić information content (AvgIpc) is 2.34. The Bertz CT molecular complexity index is 572. The molecule has 0 saturated heterocycles. The minimum atomic E-state index is -0.372. The maximum absolute atomic E-state index is 13.1. The van der Waals surface area contributed by atoms with E-state index in [0.29, 0.717) is 16.5 Å². The fourth-order valence-electron chi connectivity index (χ4n) is 1.56. The summed E-state index contributed by atoms with van der Waals surface area (Å²) in [4.78, 5) is 0. The summed E-state index contributed by atoms with van der Waals surface area (Å²) in [5, 5.41) is 1.18. The number of rotatable bonds is 3. The highest BCUT2D eigenvalue weighted by atomic mass is 79.9. The van der Waals surface area contributed by atoms with Gasteiger partial charge in [0.15, 0.2) is 0 Å². The zero-order chi connectivity index (χ0) is 13.1. The van der Waals surface area contributed by atoms with Crippen LogP contribution in [0, 0.1) is 12.7 Å². The molecule has 2 aromatic rings. The molecule has 2 rings (SSSR count). The maximum Gasteiger partial charge on any atom is 0.148 e. The molecule has 0 unspecified atom stereocenters. The molecule has 0 radical (unpaired) electrons. The number of benzene rings is 2. The highest BCUT2D eigenvalue weighted by Crippen LogP contribution is 2.31. The van der Waals surface area contributed by atoms with E-state index in [1.807, 2.05) is 25.1 Å². The third-order valence-electron chi connectivity index (χ3n) is 2.58. The maximum atomic E-state index is 13.1. The first-order chi connectivity index (χ1) is 8.60. The summed E-state index contributed by atoms with van der Waals surface area (Å²) in [5.41, 5.74) is 2.30. The molecule has 0 amide bonds. The fraction of sp³-hybridized carbons (Fsp3) is 0.143. The number of halogens is 3. The third kappa shape index (κ3) is 3.03. The summed E-state index contributed by atoms with van der Waals surface area (Å²) in [5.74, 6) is 0.593. The van der Waals surface area contributed by atoms with E-state index in [1.54, 1.807) is 0 Å². The number of ether oxygens (including phenoxy) is 1. The predicted octanol–water partition coefficient (Wildman–Crippen LogP) is 5.47. The van der Waals surface area contributed by atoms with Crippen LogP contribution in [0.2, 0.25) is 5.02 Å². The van der Waals surface area contributed by atoms with Crippen LogP contribution in [0.15, 0.2) is 36.4 Å². The summed E-state index contributed by atoms with van der Waals surface area (Å²) < 4.78 is 18.7. The van der Waals surface area contributed by atoms with Gasteiger partial charge in [-0.1, -0.05) is 33.6 Å². The van der Waals surface area contributed by atoms with Crippen molar-refractivity contribution in [3.8, 4) is 11.5 Å². The van der Waals surface area contributed by atoms with Gasteiger partial charge in [-0.05, 0) is 42.3 Å². The summed E-state index contributed by atoms with van der Waals surface area (Å²) in [6.07, 6.45) is 0. The predicted molar refractivity (Wildman–Crippen MR) is 75.3 cm³/mol. The monoisotopic (exact) mass is 328 g/mol. The standard InChI is InChI=1S/C14H11BrClFO/c1-9-6-12(4-2-10(9)8-15)18-14-7-11(17)3-5-13(14)16/h2-7H,8H2,1H3. The molecule has 1 nitrogen and oxygen atoms in total. The first-order valence-corrected chi connectivity index (χ1v) is 6.88. The molecular formula is C14H11BrClFO. The average molecular weight is 330 g/mol. The lowest BCUT2D eigenvalue weighted by molar-refractivity contribution is 0.476. The molecule has 0 atom stereocenters. The molecule has 0 fully saturated rings. The second-order valence-electron chi connectivity index (χ2n) is 3.90. The Kier molecular flexibility index (Phi) is 4.25. The van der Waals surface area contributed by atoms with E-state index in [0.717, 1.165) is 10.9 Å². The smallest absolute Gasteiger partial charge is 0.148 e. The van der Waals surface area contributed by atoms with Gasteiger partial charge in [0.1, 0.15) is 17.3 Å². The Hall–Kier alpha value is -1.06. The van der Waals surface area contributed by atoms with Gasteiger partial charge in [-0.15, -0.1) is 0 Å². The summed E-state index contributed by atoms with van der Waals surface area (Å²) >= 11 is 9.35. The lowest BCUT2D eigenvalue weighted by Gasteiger charge is -2.10. The number of hydrogen-bond donors (Lipinski definition) is 0. The minimum Gasteiger partial charge on any atom is -0.456 e. The first kappa shape index (κ1) is 13.4. The molecule has 18 heavy (non-hydrogen) atoms. The van der Waals surface area contributed by atoms with Crippen LogP contribution in [0.4, 0.5) is 4.39 Å². The van der Waals surface area contributed by atoms with Crippen molar-refractivity contribution >= 4 is 27.5 Å². The quantitative estimate of drug-likeness (QED) is 0.678. The van der Waals surface area contributed by atoms with Crippen molar-refractivity contribution in [2.24, 2.45) is 0 Å². The Morgan fingerprint density at radius 1 is 1.22 bits per heavy atom. The Morgan fingerprint density at radius 3 is 2.67 bits per heavy atom. The molecule has 94 valence electrons. The summed E-state index contributed by atoms with van der Waals surface area (Å²) in [6.45, 7) is 2.00. The van der Waals surface area contributed by atoms with Gasteiger partial charge in [-0.3, -0.25) is 0 Å². The molecule has 0 aromatic heterocycles. The number of aryl methyl sites for hydroxylation is 1. The van der Waals surface area contributed by atoms with Crippen LogP contribution in [0.5, 0.6) is 11.5 Å². The zero-order valence-corrected chi connectivity index (χ0v) is 12.1. The molecule has 4 heteroatoms. The molecule has 0 heterocycles. The molecule has 0 aliphatic heterocycles. The third-order valence-corrected chi connectivity index (χ3v) is 3.50. The second kappa shape index (κ2) is 5.72. The number of hydrogen-bond acceptors (Lipinski definition) is 1. The lowest BCUT2D eigenvalue weighted by Crippen LogP contribution is -1.90. The first-order valence-electron chi connectivity index (χ1n) is 5.38. The Morgan fingerprint density at radius 2 is 2.00 bits per heavy atom. The molecular weight excluding hydrogens is 319 g/mol. The van der Waals surface area contributed by atoms with Crippen LogP contribution in [0.1, 0.15) is 11.1 Å². The van der Waals surface area contributed by atoms with E-state index in [2.05, 4.69) is 15.9 Å². The van der Waals surface area contributed by atoms with Gasteiger partial charge in [0.05, 0.1) is 5.02 Å². The van der Waals surface area contributed by atoms with Crippen molar-refractivity contribution in [3.63, 3.8) is 0 Å². The Balaban J connectivity index is 2.28. The van der Waals surface area contributed by atoms with Gasteiger partial charge in [0.2, 0.25) is 0 Å². The summed E-state index contributed by atoms with van der Waals surface area (Å²) in [6, 6.07) is 9.76. The van der Waals surface area contributed by atoms with E-state index in [1.165, 1.54) is 23.8 Å². The lowest BCUT2D eigenvalue weighted by atomic mass is 10.1. The van der Waals surface area contributed by atoms with Gasteiger partial charge in [0.25, 0.3) is 0 Å². The van der Waals surface area contributed by atoms with Crippen LogP contribution < -0.4 is 4.74 Å². The van der Waals surface area contributed by atoms with Crippen molar-refractivity contribution in [1.29, 1.82) is 0 Å². The normalized spacial score (nSPS) is 10.4. The van der Waals surface area contributed by atoms with Gasteiger partial charge < -0.3 is 4.74 Å². The zero-order valence-electron chi connectivity index (χ0n) is 9.71. The van der Waals surface area contributed by atoms with Crippen molar-refractivity contribution in [2.75, 3.05) is 0 Å². The molecule has 0 aliphatic rings. The highest BCUT2D eigenvalue weighted by molar-refractivity contribution is 9.08. The minimum absolute atomic E-state index is 0.322. The van der Waals surface area contributed by atoms with Crippen LogP contribution in [-0.4, -0.2) is 0 Å². The van der Waals surface area contributed by atoms with Gasteiger partial charge in [0, 0.05) is 11.4 Å². The van der Waals surface area contributed by atoms with Gasteiger partial charge in [-0.25, -0.2) is 4.39 Å². The molecule has 0 aliphatic carbocycles. The van der Waals surface area contributed by atoms with Crippen molar-refractivity contribution < 1.29 is 9.13 Å². The number of alkyl halides is 1. The molecule has 0 spiro atoms.